The number of ether oxygens (including phenoxy) is 2. The van der Waals surface area contributed by atoms with Crippen LogP contribution in [0, 0.1) is 0 Å². The average Bonchev–Trinajstić information content (AvgIpc) is 2.61. The highest BCUT2D eigenvalue weighted by Crippen LogP contribution is 2.24. The van der Waals surface area contributed by atoms with Gasteiger partial charge >= 0.3 is 0 Å². The fourth-order valence-corrected chi connectivity index (χ4v) is 2.68. The van der Waals surface area contributed by atoms with Gasteiger partial charge in [-0.05, 0) is 29.8 Å². The van der Waals surface area contributed by atoms with Crippen LogP contribution in [0.4, 0.5) is 0 Å². The van der Waals surface area contributed by atoms with Gasteiger partial charge in [0, 0.05) is 36.2 Å². The molecule has 0 saturated heterocycles. The number of rotatable bonds is 6. The zero-order chi connectivity index (χ0) is 17.4. The molecule has 0 bridgehead atoms. The largest absolute Gasteiger partial charge is 0.497 e. The molecule has 5 nitrogen and oxygen atoms in total. The second-order valence-electron chi connectivity index (χ2n) is 5.09. The summed E-state index contributed by atoms with van der Waals surface area (Å²) in [5.74, 6) is 2.28. The molecule has 0 unspecified atom stereocenters. The van der Waals surface area contributed by atoms with Crippen LogP contribution < -0.4 is 20.1 Å². The number of benzene rings is 2. The predicted octanol–water partition coefficient (Wildman–Crippen LogP) is 3.33. The van der Waals surface area contributed by atoms with Crippen molar-refractivity contribution in [3.05, 3.63) is 58.1 Å². The van der Waals surface area contributed by atoms with Crippen LogP contribution in [0.25, 0.3) is 0 Å². The minimum atomic E-state index is 0.603. The molecular weight excluding hydrogens is 370 g/mol. The van der Waals surface area contributed by atoms with Crippen molar-refractivity contribution in [3.8, 4) is 11.5 Å². The first-order valence-corrected chi connectivity index (χ1v) is 8.35. The van der Waals surface area contributed by atoms with Crippen molar-refractivity contribution in [2.24, 2.45) is 4.99 Å². The van der Waals surface area contributed by atoms with E-state index in [-0.39, 0.29) is 0 Å². The van der Waals surface area contributed by atoms with E-state index < -0.39 is 0 Å². The van der Waals surface area contributed by atoms with Gasteiger partial charge in [-0.25, -0.2) is 0 Å². The van der Waals surface area contributed by atoms with Gasteiger partial charge < -0.3 is 20.1 Å². The average molecular weight is 392 g/mol. The van der Waals surface area contributed by atoms with Gasteiger partial charge in [-0.2, -0.15) is 0 Å². The van der Waals surface area contributed by atoms with Gasteiger partial charge in [0.1, 0.15) is 11.5 Å². The standard InChI is InChI=1S/C18H22BrN3O2/c1-20-18(21-11-13-5-4-6-15(19)9-13)22-12-14-7-8-16(23-2)10-17(14)24-3/h4-10H,11-12H2,1-3H3,(H2,20,21,22). The number of nitrogens with one attached hydrogen (secondary N) is 2. The summed E-state index contributed by atoms with van der Waals surface area (Å²) in [5.41, 5.74) is 2.21. The van der Waals surface area contributed by atoms with Crippen molar-refractivity contribution in [1.82, 2.24) is 10.6 Å². The van der Waals surface area contributed by atoms with E-state index in [0.29, 0.717) is 13.1 Å². The molecule has 128 valence electrons. The predicted molar refractivity (Wildman–Crippen MR) is 101 cm³/mol. The summed E-state index contributed by atoms with van der Waals surface area (Å²) < 4.78 is 11.7. The van der Waals surface area contributed by atoms with Crippen molar-refractivity contribution < 1.29 is 9.47 Å². The Bertz CT molecular complexity index is 704. The Morgan fingerprint density at radius 1 is 1.04 bits per heavy atom. The highest BCUT2D eigenvalue weighted by atomic mass is 79.9. The molecule has 0 spiro atoms. The highest BCUT2D eigenvalue weighted by molar-refractivity contribution is 9.10. The lowest BCUT2D eigenvalue weighted by atomic mass is 10.2. The molecule has 0 aliphatic heterocycles. The Balaban J connectivity index is 1.94. The molecule has 0 atom stereocenters. The van der Waals surface area contributed by atoms with Gasteiger partial charge in [-0.15, -0.1) is 0 Å². The minimum Gasteiger partial charge on any atom is -0.497 e. The second kappa shape index (κ2) is 9.17. The van der Waals surface area contributed by atoms with Crippen molar-refractivity contribution in [1.29, 1.82) is 0 Å². The van der Waals surface area contributed by atoms with Gasteiger partial charge in [0.15, 0.2) is 5.96 Å². The van der Waals surface area contributed by atoms with Crippen LogP contribution in [0.5, 0.6) is 11.5 Å². The van der Waals surface area contributed by atoms with Crippen LogP contribution in [-0.4, -0.2) is 27.2 Å². The molecule has 0 aliphatic rings. The molecule has 2 rings (SSSR count). The number of methoxy groups -OCH3 is 2. The van der Waals surface area contributed by atoms with E-state index in [0.717, 1.165) is 27.5 Å². The topological polar surface area (TPSA) is 54.9 Å². The number of hydrogen-bond donors (Lipinski definition) is 2. The molecule has 2 aromatic rings. The summed E-state index contributed by atoms with van der Waals surface area (Å²) >= 11 is 3.48. The molecule has 24 heavy (non-hydrogen) atoms. The number of halogens is 1. The van der Waals surface area contributed by atoms with E-state index in [2.05, 4.69) is 43.7 Å². The molecule has 0 saturated carbocycles. The zero-order valence-corrected chi connectivity index (χ0v) is 15.7. The quantitative estimate of drug-likeness (QED) is 0.585. The van der Waals surface area contributed by atoms with Crippen molar-refractivity contribution >= 4 is 21.9 Å². The Morgan fingerprint density at radius 3 is 2.50 bits per heavy atom. The molecular formula is C18H22BrN3O2. The van der Waals surface area contributed by atoms with Crippen LogP contribution in [0.1, 0.15) is 11.1 Å². The second-order valence-corrected chi connectivity index (χ2v) is 6.00. The van der Waals surface area contributed by atoms with E-state index in [1.165, 1.54) is 5.56 Å². The van der Waals surface area contributed by atoms with Crippen molar-refractivity contribution in [2.45, 2.75) is 13.1 Å². The van der Waals surface area contributed by atoms with Crippen LogP contribution >= 0.6 is 15.9 Å². The van der Waals surface area contributed by atoms with E-state index in [4.69, 9.17) is 9.47 Å². The third kappa shape index (κ3) is 5.16. The fraction of sp³-hybridized carbons (Fsp3) is 0.278. The molecule has 2 aromatic carbocycles. The monoisotopic (exact) mass is 391 g/mol. The summed E-state index contributed by atoms with van der Waals surface area (Å²) in [5, 5.41) is 6.58. The first kappa shape index (κ1) is 18.1. The molecule has 0 aliphatic carbocycles. The van der Waals surface area contributed by atoms with Crippen LogP contribution in [0.2, 0.25) is 0 Å². The van der Waals surface area contributed by atoms with Crippen LogP contribution in [0.15, 0.2) is 51.9 Å². The smallest absolute Gasteiger partial charge is 0.191 e. The first-order valence-electron chi connectivity index (χ1n) is 7.56. The SMILES string of the molecule is CN=C(NCc1cccc(Br)c1)NCc1ccc(OC)cc1OC. The molecule has 2 N–H and O–H groups in total. The van der Waals surface area contributed by atoms with E-state index in [1.807, 2.05) is 30.3 Å². The highest BCUT2D eigenvalue weighted by Gasteiger charge is 2.06. The normalized spacial score (nSPS) is 11.1. The Hall–Kier alpha value is -2.21. The van der Waals surface area contributed by atoms with Crippen molar-refractivity contribution in [3.63, 3.8) is 0 Å². The molecule has 0 fully saturated rings. The van der Waals surface area contributed by atoms with Crippen LogP contribution in [0.3, 0.4) is 0 Å². The van der Waals surface area contributed by atoms with Gasteiger partial charge in [0.2, 0.25) is 0 Å². The summed E-state index contributed by atoms with van der Waals surface area (Å²) in [4.78, 5) is 4.25. The molecule has 0 radical (unpaired) electrons. The van der Waals surface area contributed by atoms with E-state index in [9.17, 15) is 0 Å². The molecule has 0 heterocycles. The number of nitrogens with zero attached hydrogens (tertiary/aromatic N) is 1. The number of guanidine groups is 1. The lowest BCUT2D eigenvalue weighted by molar-refractivity contribution is 0.390. The maximum absolute atomic E-state index is 5.41. The van der Waals surface area contributed by atoms with Gasteiger partial charge in [-0.3, -0.25) is 4.99 Å². The maximum atomic E-state index is 5.41. The number of aliphatic imine (C=N–C) groups is 1. The summed E-state index contributed by atoms with van der Waals surface area (Å²) in [6.07, 6.45) is 0. The Labute approximate surface area is 151 Å². The maximum Gasteiger partial charge on any atom is 0.191 e. The zero-order valence-electron chi connectivity index (χ0n) is 14.1. The van der Waals surface area contributed by atoms with Gasteiger partial charge in [0.05, 0.1) is 14.2 Å². The molecule has 0 amide bonds. The Morgan fingerprint density at radius 2 is 1.83 bits per heavy atom. The van der Waals surface area contributed by atoms with E-state index in [1.54, 1.807) is 21.3 Å². The van der Waals surface area contributed by atoms with E-state index >= 15 is 0 Å². The summed E-state index contributed by atoms with van der Waals surface area (Å²) in [7, 11) is 5.04. The summed E-state index contributed by atoms with van der Waals surface area (Å²) in [6, 6.07) is 13.9. The van der Waals surface area contributed by atoms with Gasteiger partial charge in [-0.1, -0.05) is 28.1 Å². The Kier molecular flexibility index (Phi) is 6.93. The van der Waals surface area contributed by atoms with Crippen LogP contribution in [-0.2, 0) is 13.1 Å². The van der Waals surface area contributed by atoms with Gasteiger partial charge in [0.25, 0.3) is 0 Å². The third-order valence-corrected chi connectivity index (χ3v) is 4.01. The lowest BCUT2D eigenvalue weighted by Crippen LogP contribution is -2.36. The molecule has 6 heteroatoms. The minimum absolute atomic E-state index is 0.603. The van der Waals surface area contributed by atoms with Crippen molar-refractivity contribution in [2.75, 3.05) is 21.3 Å². The first-order chi connectivity index (χ1) is 11.7. The fourth-order valence-electron chi connectivity index (χ4n) is 2.23. The number of hydrogen-bond acceptors (Lipinski definition) is 3. The molecule has 0 aromatic heterocycles. The lowest BCUT2D eigenvalue weighted by Gasteiger charge is -2.14. The third-order valence-electron chi connectivity index (χ3n) is 3.51. The summed E-state index contributed by atoms with van der Waals surface area (Å²) in [6.45, 7) is 1.30.